The van der Waals surface area contributed by atoms with Crippen LogP contribution in [-0.4, -0.2) is 35.6 Å². The molecule has 1 aromatic carbocycles. The summed E-state index contributed by atoms with van der Waals surface area (Å²) in [6, 6.07) is 7.65. The number of rotatable bonds is 3. The van der Waals surface area contributed by atoms with E-state index in [1.807, 2.05) is 47.0 Å². The van der Waals surface area contributed by atoms with Gasteiger partial charge in [-0.2, -0.15) is 0 Å². The van der Waals surface area contributed by atoms with Gasteiger partial charge in [0.15, 0.2) is 0 Å². The normalized spacial score (nSPS) is 19.4. The van der Waals surface area contributed by atoms with Crippen molar-refractivity contribution in [3.63, 3.8) is 0 Å². The zero-order chi connectivity index (χ0) is 13.0. The Labute approximate surface area is 112 Å². The van der Waals surface area contributed by atoms with E-state index in [0.29, 0.717) is 0 Å². The van der Waals surface area contributed by atoms with Crippen molar-refractivity contribution < 1.29 is 9.53 Å². The Morgan fingerprint density at radius 3 is 2.72 bits per heavy atom. The van der Waals surface area contributed by atoms with E-state index >= 15 is 0 Å². The van der Waals surface area contributed by atoms with Crippen molar-refractivity contribution in [2.24, 2.45) is 0 Å². The van der Waals surface area contributed by atoms with Gasteiger partial charge in [-0.3, -0.25) is 4.79 Å². The smallest absolute Gasteiger partial charge is 0.247 e. The first kappa shape index (κ1) is 13.0. The van der Waals surface area contributed by atoms with Gasteiger partial charge in [-0.15, -0.1) is 11.8 Å². The van der Waals surface area contributed by atoms with Crippen molar-refractivity contribution in [3.05, 3.63) is 35.9 Å². The summed E-state index contributed by atoms with van der Waals surface area (Å²) < 4.78 is 5.09. The minimum atomic E-state index is 0.0864. The lowest BCUT2D eigenvalue weighted by Gasteiger charge is -2.18. The van der Waals surface area contributed by atoms with Crippen LogP contribution >= 0.6 is 11.8 Å². The highest BCUT2D eigenvalue weighted by molar-refractivity contribution is 8.00. The van der Waals surface area contributed by atoms with Crippen LogP contribution in [-0.2, 0) is 4.79 Å². The van der Waals surface area contributed by atoms with Gasteiger partial charge in [0, 0.05) is 18.4 Å². The molecule has 1 aliphatic heterocycles. The molecule has 1 amide bonds. The van der Waals surface area contributed by atoms with Crippen LogP contribution in [0, 0.1) is 0 Å². The van der Waals surface area contributed by atoms with E-state index in [-0.39, 0.29) is 11.3 Å². The number of benzene rings is 1. The summed E-state index contributed by atoms with van der Waals surface area (Å²) >= 11 is 1.81. The molecule has 4 heteroatoms. The number of carbonyl (C=O) groups is 1. The van der Waals surface area contributed by atoms with Gasteiger partial charge in [0.1, 0.15) is 5.75 Å². The fourth-order valence-corrected chi connectivity index (χ4v) is 2.89. The van der Waals surface area contributed by atoms with Crippen LogP contribution in [0.4, 0.5) is 0 Å². The molecule has 1 fully saturated rings. The van der Waals surface area contributed by atoms with Crippen LogP contribution < -0.4 is 4.74 Å². The molecular weight excluding hydrogens is 246 g/mol. The minimum Gasteiger partial charge on any atom is -0.497 e. The van der Waals surface area contributed by atoms with Crippen molar-refractivity contribution >= 4 is 23.7 Å². The first-order valence-electron chi connectivity index (χ1n) is 5.95. The number of carbonyl (C=O) groups excluding carboxylic acids is 1. The van der Waals surface area contributed by atoms with Crippen LogP contribution in [0.25, 0.3) is 6.08 Å². The largest absolute Gasteiger partial charge is 0.497 e. The van der Waals surface area contributed by atoms with Gasteiger partial charge in [-0.05, 0) is 30.7 Å². The van der Waals surface area contributed by atoms with E-state index in [1.165, 1.54) is 0 Å². The lowest BCUT2D eigenvalue weighted by Crippen LogP contribution is -2.31. The van der Waals surface area contributed by atoms with Gasteiger partial charge in [0.25, 0.3) is 0 Å². The maximum Gasteiger partial charge on any atom is 0.247 e. The molecule has 0 bridgehead atoms. The highest BCUT2D eigenvalue weighted by Crippen LogP contribution is 2.23. The molecule has 2 rings (SSSR count). The fourth-order valence-electron chi connectivity index (χ4n) is 1.86. The summed E-state index contributed by atoms with van der Waals surface area (Å²) in [7, 11) is 1.64. The average molecular weight is 263 g/mol. The third kappa shape index (κ3) is 3.07. The van der Waals surface area contributed by atoms with Crippen LogP contribution in [0.15, 0.2) is 30.3 Å². The zero-order valence-electron chi connectivity index (χ0n) is 10.6. The summed E-state index contributed by atoms with van der Waals surface area (Å²) in [4.78, 5) is 13.8. The molecule has 96 valence electrons. The number of hydrogen-bond donors (Lipinski definition) is 0. The van der Waals surface area contributed by atoms with Gasteiger partial charge in [0.05, 0.1) is 12.5 Å². The lowest BCUT2D eigenvalue weighted by atomic mass is 10.2. The van der Waals surface area contributed by atoms with Gasteiger partial charge in [-0.25, -0.2) is 0 Å². The standard InChI is InChI=1S/C14H17NO2S/c1-11-15(9-10-18-11)14(16)8-5-12-3-6-13(17-2)7-4-12/h3-8,11H,9-10H2,1-2H3/b8-5+. The first-order valence-corrected chi connectivity index (χ1v) is 7.00. The summed E-state index contributed by atoms with van der Waals surface area (Å²) in [6.45, 7) is 2.91. The number of ether oxygens (including phenoxy) is 1. The second-order valence-corrected chi connectivity index (χ2v) is 5.53. The zero-order valence-corrected chi connectivity index (χ0v) is 11.4. The summed E-state index contributed by atoms with van der Waals surface area (Å²) in [5.74, 6) is 1.94. The topological polar surface area (TPSA) is 29.5 Å². The SMILES string of the molecule is COc1ccc(/C=C/C(=O)N2CCSC2C)cc1. The maximum atomic E-state index is 12.0. The van der Waals surface area contributed by atoms with E-state index < -0.39 is 0 Å². The van der Waals surface area contributed by atoms with Crippen molar-refractivity contribution in [1.82, 2.24) is 4.90 Å². The van der Waals surface area contributed by atoms with E-state index in [1.54, 1.807) is 13.2 Å². The quantitative estimate of drug-likeness (QED) is 0.785. The summed E-state index contributed by atoms with van der Waals surface area (Å²) in [5.41, 5.74) is 1.00. The molecule has 1 aliphatic rings. The van der Waals surface area contributed by atoms with E-state index in [9.17, 15) is 4.79 Å². The first-order chi connectivity index (χ1) is 8.70. The van der Waals surface area contributed by atoms with Crippen molar-refractivity contribution in [1.29, 1.82) is 0 Å². The summed E-state index contributed by atoms with van der Waals surface area (Å²) in [6.07, 6.45) is 3.49. The molecule has 1 aromatic rings. The third-order valence-corrected chi connectivity index (χ3v) is 4.10. The Balaban J connectivity index is 1.99. The molecule has 0 radical (unpaired) electrons. The third-order valence-electron chi connectivity index (χ3n) is 2.95. The van der Waals surface area contributed by atoms with Crippen LogP contribution in [0.1, 0.15) is 12.5 Å². The molecule has 1 saturated heterocycles. The molecule has 1 unspecified atom stereocenters. The van der Waals surface area contributed by atoms with E-state index in [4.69, 9.17) is 4.74 Å². The van der Waals surface area contributed by atoms with Crippen molar-refractivity contribution in [2.45, 2.75) is 12.3 Å². The Morgan fingerprint density at radius 2 is 2.17 bits per heavy atom. The van der Waals surface area contributed by atoms with Gasteiger partial charge < -0.3 is 9.64 Å². The maximum absolute atomic E-state index is 12.0. The number of nitrogens with zero attached hydrogens (tertiary/aromatic N) is 1. The predicted octanol–water partition coefficient (Wildman–Crippen LogP) is 2.63. The second-order valence-electron chi connectivity index (χ2n) is 4.11. The van der Waals surface area contributed by atoms with E-state index in [2.05, 4.69) is 6.92 Å². The molecule has 0 spiro atoms. The van der Waals surface area contributed by atoms with Crippen LogP contribution in [0.3, 0.4) is 0 Å². The van der Waals surface area contributed by atoms with Crippen LogP contribution in [0.5, 0.6) is 5.75 Å². The fraction of sp³-hybridized carbons (Fsp3) is 0.357. The highest BCUT2D eigenvalue weighted by atomic mass is 32.2. The molecule has 1 heterocycles. The molecule has 0 aliphatic carbocycles. The Bertz CT molecular complexity index is 442. The molecule has 0 N–H and O–H groups in total. The minimum absolute atomic E-state index is 0.0864. The number of methoxy groups -OCH3 is 1. The number of hydrogen-bond acceptors (Lipinski definition) is 3. The molecule has 18 heavy (non-hydrogen) atoms. The van der Waals surface area contributed by atoms with Gasteiger partial charge >= 0.3 is 0 Å². The molecule has 3 nitrogen and oxygen atoms in total. The van der Waals surface area contributed by atoms with Crippen molar-refractivity contribution in [3.8, 4) is 5.75 Å². The lowest BCUT2D eigenvalue weighted by molar-refractivity contribution is -0.125. The molecular formula is C14H17NO2S. The Hall–Kier alpha value is -1.42. The summed E-state index contributed by atoms with van der Waals surface area (Å²) in [5, 5.41) is 0.290. The van der Waals surface area contributed by atoms with Crippen LogP contribution in [0.2, 0.25) is 0 Å². The van der Waals surface area contributed by atoms with Gasteiger partial charge in [-0.1, -0.05) is 12.1 Å². The average Bonchev–Trinajstić information content (AvgIpc) is 2.83. The predicted molar refractivity (Wildman–Crippen MR) is 75.7 cm³/mol. The van der Waals surface area contributed by atoms with Gasteiger partial charge in [0.2, 0.25) is 5.91 Å². The Kier molecular flexibility index (Phi) is 4.31. The second kappa shape index (κ2) is 5.96. The highest BCUT2D eigenvalue weighted by Gasteiger charge is 2.23. The van der Waals surface area contributed by atoms with E-state index in [0.717, 1.165) is 23.6 Å². The number of amides is 1. The number of thioether (sulfide) groups is 1. The molecule has 0 saturated carbocycles. The van der Waals surface area contributed by atoms with Crippen molar-refractivity contribution in [2.75, 3.05) is 19.4 Å². The Morgan fingerprint density at radius 1 is 1.44 bits per heavy atom. The molecule has 0 aromatic heterocycles. The molecule has 1 atom stereocenters. The monoisotopic (exact) mass is 263 g/mol.